The zero-order chi connectivity index (χ0) is 18.9. The van der Waals surface area contributed by atoms with Gasteiger partial charge in [-0.25, -0.2) is 4.79 Å². The zero-order valence-corrected chi connectivity index (χ0v) is 15.8. The summed E-state index contributed by atoms with van der Waals surface area (Å²) in [5.41, 5.74) is 0.402. The van der Waals surface area contributed by atoms with E-state index >= 15 is 0 Å². The Morgan fingerprint density at radius 2 is 1.81 bits per heavy atom. The van der Waals surface area contributed by atoms with Crippen molar-refractivity contribution in [2.24, 2.45) is 5.92 Å². The highest BCUT2D eigenvalue weighted by Crippen LogP contribution is 2.22. The molecule has 1 aliphatic heterocycles. The molecule has 1 aliphatic carbocycles. The minimum Gasteiger partial charge on any atom is -0.491 e. The van der Waals surface area contributed by atoms with Crippen molar-refractivity contribution in [2.45, 2.75) is 51.0 Å². The molecule has 0 aromatic heterocycles. The third-order valence-electron chi connectivity index (χ3n) is 5.20. The molecule has 1 heterocycles. The number of ether oxygens (including phenoxy) is 3. The van der Waals surface area contributed by atoms with Crippen LogP contribution in [0.1, 0.15) is 55.3 Å². The van der Waals surface area contributed by atoms with Crippen molar-refractivity contribution >= 4 is 11.9 Å². The summed E-state index contributed by atoms with van der Waals surface area (Å²) in [6.45, 7) is 1.74. The van der Waals surface area contributed by atoms with Crippen molar-refractivity contribution in [3.8, 4) is 5.75 Å². The number of nitrogens with one attached hydrogen (secondary N) is 1. The number of hydrogen-bond donors (Lipinski definition) is 1. The summed E-state index contributed by atoms with van der Waals surface area (Å²) in [7, 11) is 0. The predicted octanol–water partition coefficient (Wildman–Crippen LogP) is 3.10. The molecule has 0 spiro atoms. The van der Waals surface area contributed by atoms with Gasteiger partial charge >= 0.3 is 5.97 Å². The minimum atomic E-state index is -0.506. The van der Waals surface area contributed by atoms with Gasteiger partial charge in [-0.15, -0.1) is 0 Å². The van der Waals surface area contributed by atoms with Crippen LogP contribution in [-0.2, 0) is 14.3 Å². The van der Waals surface area contributed by atoms with Gasteiger partial charge in [0.15, 0.2) is 6.61 Å². The fraction of sp³-hybridized carbons (Fsp3) is 0.619. The summed E-state index contributed by atoms with van der Waals surface area (Å²) in [6.07, 6.45) is 8.36. The highest BCUT2D eigenvalue weighted by atomic mass is 16.5. The maximum Gasteiger partial charge on any atom is 0.338 e. The van der Waals surface area contributed by atoms with Crippen molar-refractivity contribution < 1.29 is 23.8 Å². The van der Waals surface area contributed by atoms with Gasteiger partial charge in [-0.05, 0) is 55.9 Å². The van der Waals surface area contributed by atoms with Crippen molar-refractivity contribution in [3.05, 3.63) is 29.8 Å². The van der Waals surface area contributed by atoms with Crippen molar-refractivity contribution in [1.29, 1.82) is 0 Å². The van der Waals surface area contributed by atoms with Crippen LogP contribution in [0.5, 0.6) is 5.75 Å². The summed E-state index contributed by atoms with van der Waals surface area (Å²) in [5, 5.41) is 2.86. The lowest BCUT2D eigenvalue weighted by Crippen LogP contribution is -2.33. The molecule has 2 aliphatic rings. The van der Waals surface area contributed by atoms with Crippen LogP contribution in [0.15, 0.2) is 24.3 Å². The smallest absolute Gasteiger partial charge is 0.338 e. The summed E-state index contributed by atoms with van der Waals surface area (Å²) in [6, 6.07) is 6.75. The van der Waals surface area contributed by atoms with Crippen LogP contribution in [0.2, 0.25) is 0 Å². The molecular weight excluding hydrogens is 346 g/mol. The molecule has 3 rings (SSSR count). The Balaban J connectivity index is 1.35. The number of carbonyl (C=O) groups is 2. The van der Waals surface area contributed by atoms with E-state index in [1.54, 1.807) is 24.3 Å². The normalized spacial score (nSPS) is 20.2. The van der Waals surface area contributed by atoms with Crippen molar-refractivity contribution in [1.82, 2.24) is 5.32 Å². The molecule has 1 saturated carbocycles. The maximum absolute atomic E-state index is 12.1. The van der Waals surface area contributed by atoms with E-state index in [0.29, 0.717) is 30.4 Å². The topological polar surface area (TPSA) is 73.9 Å². The van der Waals surface area contributed by atoms with Gasteiger partial charge in [0.2, 0.25) is 0 Å². The molecule has 0 radical (unpaired) electrons. The van der Waals surface area contributed by atoms with E-state index in [0.717, 1.165) is 19.4 Å². The van der Waals surface area contributed by atoms with E-state index in [1.807, 2.05) is 0 Å². The molecule has 1 saturated heterocycles. The SMILES string of the molecule is O=C(COC(=O)c1ccc(OCC2CCCO2)cc1)NCC1CCCCC1. The summed E-state index contributed by atoms with van der Waals surface area (Å²) < 4.78 is 16.3. The second-order valence-electron chi connectivity index (χ2n) is 7.35. The Labute approximate surface area is 160 Å². The summed E-state index contributed by atoms with van der Waals surface area (Å²) in [4.78, 5) is 23.9. The molecule has 1 N–H and O–H groups in total. The van der Waals surface area contributed by atoms with Gasteiger partial charge in [-0.2, -0.15) is 0 Å². The van der Waals surface area contributed by atoms with Crippen molar-refractivity contribution in [2.75, 3.05) is 26.4 Å². The number of benzene rings is 1. The van der Waals surface area contributed by atoms with E-state index in [4.69, 9.17) is 14.2 Å². The molecular formula is C21H29NO5. The molecule has 1 amide bonds. The van der Waals surface area contributed by atoms with Crippen LogP contribution in [0.4, 0.5) is 0 Å². The lowest BCUT2D eigenvalue weighted by atomic mass is 9.89. The molecule has 1 atom stereocenters. The number of rotatable bonds is 8. The van der Waals surface area contributed by atoms with E-state index in [9.17, 15) is 9.59 Å². The molecule has 148 valence electrons. The zero-order valence-electron chi connectivity index (χ0n) is 15.8. The fourth-order valence-corrected chi connectivity index (χ4v) is 3.57. The largest absolute Gasteiger partial charge is 0.491 e. The maximum atomic E-state index is 12.1. The first kappa shape index (κ1) is 19.7. The first-order valence-electron chi connectivity index (χ1n) is 9.99. The first-order valence-corrected chi connectivity index (χ1v) is 9.99. The number of amides is 1. The van der Waals surface area contributed by atoms with Gasteiger partial charge in [0.25, 0.3) is 5.91 Å². The Kier molecular flexibility index (Phi) is 7.51. The van der Waals surface area contributed by atoms with Crippen LogP contribution in [0.3, 0.4) is 0 Å². The average molecular weight is 375 g/mol. The number of carbonyl (C=O) groups excluding carboxylic acids is 2. The monoisotopic (exact) mass is 375 g/mol. The molecule has 27 heavy (non-hydrogen) atoms. The number of hydrogen-bond acceptors (Lipinski definition) is 5. The fourth-order valence-electron chi connectivity index (χ4n) is 3.57. The van der Waals surface area contributed by atoms with Crippen LogP contribution in [0.25, 0.3) is 0 Å². The third-order valence-corrected chi connectivity index (χ3v) is 5.20. The van der Waals surface area contributed by atoms with Gasteiger partial charge in [-0.3, -0.25) is 4.79 Å². The first-order chi connectivity index (χ1) is 13.2. The highest BCUT2D eigenvalue weighted by Gasteiger charge is 2.17. The average Bonchev–Trinajstić information content (AvgIpc) is 3.24. The third kappa shape index (κ3) is 6.54. The molecule has 0 bridgehead atoms. The lowest BCUT2D eigenvalue weighted by molar-refractivity contribution is -0.124. The van der Waals surface area contributed by atoms with Gasteiger partial charge in [0, 0.05) is 13.2 Å². The Morgan fingerprint density at radius 3 is 2.52 bits per heavy atom. The molecule has 2 fully saturated rings. The molecule has 1 aromatic rings. The number of esters is 1. The van der Waals surface area contributed by atoms with Gasteiger partial charge < -0.3 is 19.5 Å². The van der Waals surface area contributed by atoms with E-state index < -0.39 is 5.97 Å². The van der Waals surface area contributed by atoms with Gasteiger partial charge in [0.05, 0.1) is 11.7 Å². The van der Waals surface area contributed by atoms with Crippen molar-refractivity contribution in [3.63, 3.8) is 0 Å². The van der Waals surface area contributed by atoms with E-state index in [2.05, 4.69) is 5.32 Å². The highest BCUT2D eigenvalue weighted by molar-refractivity contribution is 5.91. The Bertz CT molecular complexity index is 604. The van der Waals surface area contributed by atoms with E-state index in [1.165, 1.54) is 32.1 Å². The minimum absolute atomic E-state index is 0.154. The molecule has 1 aromatic carbocycles. The predicted molar refractivity (Wildman–Crippen MR) is 101 cm³/mol. The molecule has 6 heteroatoms. The lowest BCUT2D eigenvalue weighted by Gasteiger charge is -2.21. The Morgan fingerprint density at radius 1 is 1.04 bits per heavy atom. The van der Waals surface area contributed by atoms with E-state index in [-0.39, 0.29) is 18.6 Å². The van der Waals surface area contributed by atoms with Gasteiger partial charge in [0.1, 0.15) is 12.4 Å². The second-order valence-corrected chi connectivity index (χ2v) is 7.35. The van der Waals surface area contributed by atoms with Gasteiger partial charge in [-0.1, -0.05) is 19.3 Å². The Hall–Kier alpha value is -2.08. The van der Waals surface area contributed by atoms with Crippen LogP contribution >= 0.6 is 0 Å². The summed E-state index contributed by atoms with van der Waals surface area (Å²) in [5.74, 6) is 0.492. The quantitative estimate of drug-likeness (QED) is 0.707. The second kappa shape index (κ2) is 10.3. The summed E-state index contributed by atoms with van der Waals surface area (Å²) >= 11 is 0. The van der Waals surface area contributed by atoms with Crippen LogP contribution in [0, 0.1) is 5.92 Å². The molecule has 1 unspecified atom stereocenters. The molecule has 6 nitrogen and oxygen atoms in total. The van der Waals surface area contributed by atoms with Crippen LogP contribution in [-0.4, -0.2) is 44.3 Å². The standard InChI is InChI=1S/C21H29NO5/c23-20(22-13-16-5-2-1-3-6-16)15-27-21(24)17-8-10-18(11-9-17)26-14-19-7-4-12-25-19/h8-11,16,19H,1-7,12-15H2,(H,22,23). The van der Waals surface area contributed by atoms with Crippen LogP contribution < -0.4 is 10.1 Å².